The molecular weight excluding hydrogens is 881 g/mol. The van der Waals surface area contributed by atoms with Gasteiger partial charge in [-0.1, -0.05) is 46.8 Å². The van der Waals surface area contributed by atoms with Crippen LogP contribution in [0.4, 0.5) is 0 Å². The highest BCUT2D eigenvalue weighted by Crippen LogP contribution is 2.76. The summed E-state index contributed by atoms with van der Waals surface area (Å²) < 4.78 is 37.1. The topological polar surface area (TPSA) is 318 Å². The molecule has 388 valence electrons. The van der Waals surface area contributed by atoms with Crippen molar-refractivity contribution in [2.24, 2.45) is 45.3 Å². The van der Waals surface area contributed by atoms with Crippen molar-refractivity contribution in [3.8, 4) is 0 Å². The predicted octanol–water partition coefficient (Wildman–Crippen LogP) is -1.06. The first kappa shape index (κ1) is 53.8. The maximum Gasteiger partial charge on any atom is 0.187 e. The van der Waals surface area contributed by atoms with Gasteiger partial charge in [-0.15, -0.1) is 0 Å². The number of rotatable bonds is 13. The second kappa shape index (κ2) is 19.4. The molecule has 4 saturated carbocycles. The summed E-state index contributed by atoms with van der Waals surface area (Å²) in [6.07, 6.45) is -15.8. The molecule has 3 saturated heterocycles. The Morgan fingerprint density at radius 1 is 0.582 bits per heavy atom. The number of fused-ring (bicyclic) bond motifs is 5. The second-order valence-electron chi connectivity index (χ2n) is 23.3. The normalized spacial score (nSPS) is 52.3. The summed E-state index contributed by atoms with van der Waals surface area (Å²) in [5, 5.41) is 139. The van der Waals surface area contributed by atoms with Crippen molar-refractivity contribution >= 4 is 0 Å². The van der Waals surface area contributed by atoms with E-state index in [1.807, 2.05) is 13.0 Å². The largest absolute Gasteiger partial charge is 0.394 e. The van der Waals surface area contributed by atoms with Crippen molar-refractivity contribution in [1.29, 1.82) is 0 Å². The molecule has 7 fully saturated rings. The fourth-order valence-electron chi connectivity index (χ4n) is 14.8. The van der Waals surface area contributed by atoms with Crippen LogP contribution >= 0.6 is 0 Å². The van der Waals surface area contributed by atoms with E-state index in [0.29, 0.717) is 25.7 Å². The monoisotopic (exact) mass is 963 g/mol. The minimum atomic E-state index is -1.80. The molecule has 0 amide bonds. The molecule has 3 heterocycles. The minimum absolute atomic E-state index is 0.0608. The number of hydrogen-bond acceptors (Lipinski definition) is 19. The Bertz CT molecular complexity index is 1710. The van der Waals surface area contributed by atoms with Crippen LogP contribution in [0, 0.1) is 45.3 Å². The third kappa shape index (κ3) is 9.24. The highest BCUT2D eigenvalue weighted by atomic mass is 16.8. The Morgan fingerprint density at radius 2 is 1.10 bits per heavy atom. The van der Waals surface area contributed by atoms with Crippen molar-refractivity contribution in [2.75, 3.05) is 19.8 Å². The Hall–Kier alpha value is -1.02. The van der Waals surface area contributed by atoms with Gasteiger partial charge >= 0.3 is 0 Å². The van der Waals surface area contributed by atoms with Crippen molar-refractivity contribution in [3.05, 3.63) is 12.2 Å². The standard InChI is InChI=1S/C48H82O19/c1-43(2,61)13-9-14-48(8,67-41-38(60)35(57)32(54)25(20-50)63-41)22-10-16-47(7)30(22)23(52)18-28-45(5)15-12-29(44(3,4)27(45)11-17-46(28,47)6)65-42-39(36(58)33(55)26(21-51)64-42)66-40-37(59)34(56)31(53)24(19-49)62-40/h9,13,22-42,49-61H,10-12,14-21H2,1-8H3/b13-9+/t22?,23-,24-,25-,26-,27?,28-,29+,30?,31-,32-,33-,34+,35+,36+,37-,38-,39-,40+,41+,42+,45+,46-,47-,48+/m1/s1. The second-order valence-corrected chi connectivity index (χ2v) is 23.3. The van der Waals surface area contributed by atoms with E-state index < -0.39 is 146 Å². The van der Waals surface area contributed by atoms with Crippen LogP contribution < -0.4 is 0 Å². The van der Waals surface area contributed by atoms with Gasteiger partial charge in [0.1, 0.15) is 73.2 Å². The maximum atomic E-state index is 12.7. The van der Waals surface area contributed by atoms with Crippen LogP contribution in [0.3, 0.4) is 0 Å². The third-order valence-electron chi connectivity index (χ3n) is 18.7. The molecule has 3 unspecified atom stereocenters. The van der Waals surface area contributed by atoms with Crippen LogP contribution in [0.25, 0.3) is 0 Å². The average molecular weight is 963 g/mol. The third-order valence-corrected chi connectivity index (χ3v) is 18.7. The zero-order valence-corrected chi connectivity index (χ0v) is 40.3. The van der Waals surface area contributed by atoms with Gasteiger partial charge < -0.3 is 94.8 Å². The average Bonchev–Trinajstić information content (AvgIpc) is 3.65. The first-order valence-corrected chi connectivity index (χ1v) is 24.4. The number of hydrogen-bond donors (Lipinski definition) is 13. The fourth-order valence-corrected chi connectivity index (χ4v) is 14.8. The lowest BCUT2D eigenvalue weighted by Crippen LogP contribution is -2.68. The quantitative estimate of drug-likeness (QED) is 0.0773. The predicted molar refractivity (Wildman–Crippen MR) is 235 cm³/mol. The Kier molecular flexibility index (Phi) is 15.6. The molecule has 0 aromatic heterocycles. The first-order valence-electron chi connectivity index (χ1n) is 24.4. The molecule has 19 nitrogen and oxygen atoms in total. The van der Waals surface area contributed by atoms with Gasteiger partial charge in [0, 0.05) is 0 Å². The van der Waals surface area contributed by atoms with Crippen molar-refractivity contribution in [1.82, 2.24) is 0 Å². The molecule has 7 aliphatic rings. The smallest absolute Gasteiger partial charge is 0.187 e. The van der Waals surface area contributed by atoms with Crippen molar-refractivity contribution < 1.29 is 94.8 Å². The highest BCUT2D eigenvalue weighted by molar-refractivity contribution is 5.21. The molecule has 25 atom stereocenters. The number of aliphatic hydroxyl groups excluding tert-OH is 12. The molecule has 7 rings (SSSR count). The van der Waals surface area contributed by atoms with Gasteiger partial charge in [0.05, 0.1) is 43.2 Å². The Labute approximate surface area is 393 Å². The molecule has 0 spiro atoms. The molecule has 0 bridgehead atoms. The van der Waals surface area contributed by atoms with Crippen LogP contribution in [0.1, 0.15) is 107 Å². The van der Waals surface area contributed by atoms with Crippen LogP contribution in [0.2, 0.25) is 0 Å². The molecule has 0 radical (unpaired) electrons. The molecular formula is C48H82O19. The highest BCUT2D eigenvalue weighted by Gasteiger charge is 2.72. The molecule has 3 aliphatic heterocycles. The summed E-state index contributed by atoms with van der Waals surface area (Å²) in [6, 6.07) is 0. The molecule has 13 N–H and O–H groups in total. The van der Waals surface area contributed by atoms with E-state index >= 15 is 0 Å². The van der Waals surface area contributed by atoms with Gasteiger partial charge in [0.15, 0.2) is 18.9 Å². The molecule has 4 aliphatic carbocycles. The van der Waals surface area contributed by atoms with Gasteiger partial charge in [-0.3, -0.25) is 0 Å². The zero-order chi connectivity index (χ0) is 49.6. The van der Waals surface area contributed by atoms with Gasteiger partial charge in [0.2, 0.25) is 0 Å². The van der Waals surface area contributed by atoms with E-state index in [0.717, 1.165) is 19.3 Å². The van der Waals surface area contributed by atoms with Crippen LogP contribution in [0.5, 0.6) is 0 Å². The van der Waals surface area contributed by atoms with Crippen LogP contribution in [-0.4, -0.2) is 202 Å². The lowest BCUT2D eigenvalue weighted by Gasteiger charge is -2.71. The molecule has 0 aromatic carbocycles. The molecule has 0 aromatic rings. The van der Waals surface area contributed by atoms with E-state index in [2.05, 4.69) is 34.6 Å². The first-order chi connectivity index (χ1) is 31.1. The van der Waals surface area contributed by atoms with Crippen LogP contribution in [0.15, 0.2) is 12.2 Å². The Balaban J connectivity index is 1.14. The fraction of sp³-hybridized carbons (Fsp3) is 0.958. The van der Waals surface area contributed by atoms with E-state index in [-0.39, 0.29) is 40.9 Å². The summed E-state index contributed by atoms with van der Waals surface area (Å²) in [6.45, 7) is 14.5. The summed E-state index contributed by atoms with van der Waals surface area (Å²) in [5.41, 5.74) is -3.75. The lowest BCUT2D eigenvalue weighted by molar-refractivity contribution is -0.378. The molecule has 19 heteroatoms. The Morgan fingerprint density at radius 3 is 1.67 bits per heavy atom. The number of aliphatic hydroxyl groups is 13. The molecule has 67 heavy (non-hydrogen) atoms. The van der Waals surface area contributed by atoms with E-state index in [1.165, 1.54) is 0 Å². The number of ether oxygens (including phenoxy) is 6. The van der Waals surface area contributed by atoms with E-state index in [4.69, 9.17) is 28.4 Å². The van der Waals surface area contributed by atoms with Crippen molar-refractivity contribution in [2.45, 2.75) is 222 Å². The van der Waals surface area contributed by atoms with Gasteiger partial charge in [-0.05, 0) is 117 Å². The van der Waals surface area contributed by atoms with Crippen LogP contribution in [-0.2, 0) is 28.4 Å². The zero-order valence-electron chi connectivity index (χ0n) is 40.3. The SMILES string of the molecule is CC(C)(O)/C=C/C[C@](C)(O[C@@H]1O[C@H](CO)[C@@H](O)[C@H](O)[C@H]1O)C1CC[C@]2(C)C1[C@H](O)C[C@@H]1[C@@]3(C)CC[C@H](O[C@@H]4O[C@H](CO)[C@@H](O)[C@H](O)[C@H]4O[C@@H]4O[C@H](CO)[C@@H](O)[C@H](O)[C@H]4O)C(C)(C)C3CC[C@]12C. The van der Waals surface area contributed by atoms with Gasteiger partial charge in [-0.25, -0.2) is 0 Å². The van der Waals surface area contributed by atoms with Gasteiger partial charge in [0.25, 0.3) is 0 Å². The maximum absolute atomic E-state index is 12.7. The van der Waals surface area contributed by atoms with Crippen molar-refractivity contribution in [3.63, 3.8) is 0 Å². The van der Waals surface area contributed by atoms with E-state index in [9.17, 15) is 66.4 Å². The summed E-state index contributed by atoms with van der Waals surface area (Å²) in [4.78, 5) is 0. The summed E-state index contributed by atoms with van der Waals surface area (Å²) in [7, 11) is 0. The summed E-state index contributed by atoms with van der Waals surface area (Å²) in [5.74, 6) is -0.422. The summed E-state index contributed by atoms with van der Waals surface area (Å²) >= 11 is 0. The van der Waals surface area contributed by atoms with Gasteiger partial charge in [-0.2, -0.15) is 0 Å². The minimum Gasteiger partial charge on any atom is -0.394 e. The van der Waals surface area contributed by atoms with E-state index in [1.54, 1.807) is 19.9 Å². The lowest BCUT2D eigenvalue weighted by atomic mass is 9.35.